The van der Waals surface area contributed by atoms with E-state index >= 15 is 0 Å². The predicted octanol–water partition coefficient (Wildman–Crippen LogP) is 5.21. The number of H-pyrrole nitrogens is 1. The van der Waals surface area contributed by atoms with Crippen molar-refractivity contribution >= 4 is 35.4 Å². The van der Waals surface area contributed by atoms with Crippen molar-refractivity contribution in [3.05, 3.63) is 75.4 Å². The molecule has 2 aromatic carbocycles. The van der Waals surface area contributed by atoms with Gasteiger partial charge in [-0.15, -0.1) is 5.10 Å². The van der Waals surface area contributed by atoms with E-state index in [0.29, 0.717) is 21.5 Å². The summed E-state index contributed by atoms with van der Waals surface area (Å²) in [5.41, 5.74) is 1.50. The highest BCUT2D eigenvalue weighted by Crippen LogP contribution is 2.29. The first kappa shape index (κ1) is 21.0. The summed E-state index contributed by atoms with van der Waals surface area (Å²) in [5, 5.41) is 17.5. The molecule has 0 bridgehead atoms. The number of hydrogen-bond donors (Lipinski definition) is 2. The van der Waals surface area contributed by atoms with Crippen LogP contribution in [0.2, 0.25) is 5.02 Å². The number of halogens is 1. The molecule has 0 amide bonds. The van der Waals surface area contributed by atoms with Crippen molar-refractivity contribution in [1.29, 1.82) is 0 Å². The zero-order valence-electron chi connectivity index (χ0n) is 15.8. The van der Waals surface area contributed by atoms with Crippen LogP contribution in [-0.2, 0) is 17.8 Å². The molecule has 0 saturated heterocycles. The third-order valence-corrected chi connectivity index (χ3v) is 5.20. The lowest BCUT2D eigenvalue weighted by Crippen LogP contribution is -2.00. The minimum atomic E-state index is -1.06. The third-order valence-electron chi connectivity index (χ3n) is 3.96. The summed E-state index contributed by atoms with van der Waals surface area (Å²) in [6, 6.07) is 14.7. The van der Waals surface area contributed by atoms with Crippen LogP contribution in [0.3, 0.4) is 0 Å². The summed E-state index contributed by atoms with van der Waals surface area (Å²) in [4.78, 5) is 16.2. The SMILES string of the molecule is CCCc1nc(S/C(=C\c2ccccc2OCc2ccccc2Cl)C(=O)O)n[nH]1. The fourth-order valence-electron chi connectivity index (χ4n) is 2.55. The van der Waals surface area contributed by atoms with Gasteiger partial charge in [0, 0.05) is 22.6 Å². The number of aromatic nitrogens is 3. The third kappa shape index (κ3) is 5.85. The predicted molar refractivity (Wildman–Crippen MR) is 114 cm³/mol. The van der Waals surface area contributed by atoms with Crippen LogP contribution in [0, 0.1) is 0 Å². The Hall–Kier alpha value is -2.77. The largest absolute Gasteiger partial charge is 0.488 e. The van der Waals surface area contributed by atoms with Gasteiger partial charge in [-0.1, -0.05) is 54.9 Å². The van der Waals surface area contributed by atoms with Gasteiger partial charge in [0.05, 0.1) is 0 Å². The molecule has 8 heteroatoms. The Labute approximate surface area is 178 Å². The fourth-order valence-corrected chi connectivity index (χ4v) is 3.46. The maximum absolute atomic E-state index is 11.8. The number of aliphatic carboxylic acids is 1. The standard InChI is InChI=1S/C21H20ClN3O3S/c1-2-7-19-23-21(25-24-19)29-18(20(26)27)12-14-8-4-6-11-17(14)28-13-15-9-3-5-10-16(15)22/h3-6,8-12H,2,7,13H2,1H3,(H,26,27)(H,23,24,25)/b18-12-. The Morgan fingerprint density at radius 2 is 2.00 bits per heavy atom. The number of aryl methyl sites for hydroxylation is 1. The Morgan fingerprint density at radius 3 is 2.76 bits per heavy atom. The van der Waals surface area contributed by atoms with Gasteiger partial charge in [-0.05, 0) is 36.4 Å². The highest BCUT2D eigenvalue weighted by Gasteiger charge is 2.15. The number of nitrogens with one attached hydrogen (secondary N) is 1. The van der Waals surface area contributed by atoms with Crippen LogP contribution >= 0.6 is 23.4 Å². The number of carboxylic acids is 1. The van der Waals surface area contributed by atoms with Crippen LogP contribution < -0.4 is 4.74 Å². The maximum Gasteiger partial charge on any atom is 0.342 e. The van der Waals surface area contributed by atoms with Crippen molar-refractivity contribution < 1.29 is 14.6 Å². The van der Waals surface area contributed by atoms with Crippen LogP contribution in [-0.4, -0.2) is 26.3 Å². The molecule has 0 unspecified atom stereocenters. The number of hydrogen-bond acceptors (Lipinski definition) is 5. The van der Waals surface area contributed by atoms with Crippen molar-refractivity contribution in [2.45, 2.75) is 31.5 Å². The molecule has 29 heavy (non-hydrogen) atoms. The first-order valence-electron chi connectivity index (χ1n) is 9.06. The number of carbonyl (C=O) groups is 1. The Kier molecular flexibility index (Phi) is 7.32. The average Bonchev–Trinajstić information content (AvgIpc) is 3.15. The highest BCUT2D eigenvalue weighted by atomic mass is 35.5. The van der Waals surface area contributed by atoms with Gasteiger partial charge in [0.2, 0.25) is 5.16 Å². The highest BCUT2D eigenvalue weighted by molar-refractivity contribution is 8.04. The van der Waals surface area contributed by atoms with E-state index in [0.717, 1.165) is 36.0 Å². The van der Waals surface area contributed by atoms with Crippen LogP contribution in [0.1, 0.15) is 30.3 Å². The summed E-state index contributed by atoms with van der Waals surface area (Å²) in [6.45, 7) is 2.32. The average molecular weight is 430 g/mol. The molecule has 0 aliphatic rings. The molecule has 0 saturated carbocycles. The van der Waals surface area contributed by atoms with Crippen molar-refractivity contribution in [1.82, 2.24) is 15.2 Å². The van der Waals surface area contributed by atoms with E-state index in [1.807, 2.05) is 37.3 Å². The number of carboxylic acid groups (broad SMARTS) is 1. The molecule has 1 aromatic heterocycles. The van der Waals surface area contributed by atoms with Crippen LogP contribution in [0.5, 0.6) is 5.75 Å². The lowest BCUT2D eigenvalue weighted by atomic mass is 10.2. The van der Waals surface area contributed by atoms with E-state index in [4.69, 9.17) is 16.3 Å². The maximum atomic E-state index is 11.8. The quantitative estimate of drug-likeness (QED) is 0.358. The molecule has 6 nitrogen and oxygen atoms in total. The van der Waals surface area contributed by atoms with Crippen LogP contribution in [0.25, 0.3) is 6.08 Å². The molecule has 0 spiro atoms. The second kappa shape index (κ2) is 10.1. The molecule has 3 rings (SSSR count). The molecule has 0 radical (unpaired) electrons. The van der Waals surface area contributed by atoms with E-state index in [2.05, 4.69) is 15.2 Å². The van der Waals surface area contributed by atoms with E-state index in [1.54, 1.807) is 24.3 Å². The van der Waals surface area contributed by atoms with Crippen molar-refractivity contribution in [3.8, 4) is 5.75 Å². The van der Waals surface area contributed by atoms with E-state index < -0.39 is 5.97 Å². The topological polar surface area (TPSA) is 88.1 Å². The summed E-state index contributed by atoms with van der Waals surface area (Å²) >= 11 is 7.18. The number of para-hydroxylation sites is 1. The molecule has 2 N–H and O–H groups in total. The number of ether oxygens (including phenoxy) is 1. The number of rotatable bonds is 9. The molecule has 0 fully saturated rings. The zero-order valence-corrected chi connectivity index (χ0v) is 17.3. The summed E-state index contributed by atoms with van der Waals surface area (Å²) in [5.74, 6) is 0.245. The van der Waals surface area contributed by atoms with Crippen molar-refractivity contribution in [2.75, 3.05) is 0 Å². The van der Waals surface area contributed by atoms with Crippen LogP contribution in [0.15, 0.2) is 58.6 Å². The lowest BCUT2D eigenvalue weighted by molar-refractivity contribution is -0.131. The van der Waals surface area contributed by atoms with Gasteiger partial charge in [-0.2, -0.15) is 0 Å². The summed E-state index contributed by atoms with van der Waals surface area (Å²) in [7, 11) is 0. The molecule has 0 aliphatic heterocycles. The van der Waals surface area contributed by atoms with Crippen LogP contribution in [0.4, 0.5) is 0 Å². The van der Waals surface area contributed by atoms with E-state index in [-0.39, 0.29) is 11.5 Å². The Bertz CT molecular complexity index is 1020. The molecular weight excluding hydrogens is 410 g/mol. The van der Waals surface area contributed by atoms with E-state index in [9.17, 15) is 9.90 Å². The molecule has 3 aromatic rings. The van der Waals surface area contributed by atoms with Gasteiger partial charge in [-0.25, -0.2) is 9.78 Å². The lowest BCUT2D eigenvalue weighted by Gasteiger charge is -2.11. The second-order valence-corrected chi connectivity index (χ2v) is 7.56. The monoisotopic (exact) mass is 429 g/mol. The molecule has 0 atom stereocenters. The van der Waals surface area contributed by atoms with Crippen molar-refractivity contribution in [2.24, 2.45) is 0 Å². The number of nitrogens with zero attached hydrogens (tertiary/aromatic N) is 2. The number of thioether (sulfide) groups is 1. The first-order valence-corrected chi connectivity index (χ1v) is 10.3. The molecule has 0 aliphatic carbocycles. The van der Waals surface area contributed by atoms with Gasteiger partial charge >= 0.3 is 5.97 Å². The van der Waals surface area contributed by atoms with Gasteiger partial charge in [-0.3, -0.25) is 5.10 Å². The second-order valence-electron chi connectivity index (χ2n) is 6.15. The van der Waals surface area contributed by atoms with Gasteiger partial charge < -0.3 is 9.84 Å². The fraction of sp³-hybridized carbons (Fsp3) is 0.190. The summed E-state index contributed by atoms with van der Waals surface area (Å²) in [6.07, 6.45) is 3.25. The first-order chi connectivity index (χ1) is 14.1. The van der Waals surface area contributed by atoms with Gasteiger partial charge in [0.1, 0.15) is 23.1 Å². The minimum absolute atomic E-state index is 0.0980. The normalized spacial score (nSPS) is 11.4. The zero-order chi connectivity index (χ0) is 20.6. The summed E-state index contributed by atoms with van der Waals surface area (Å²) < 4.78 is 5.90. The van der Waals surface area contributed by atoms with Gasteiger partial charge in [0.25, 0.3) is 0 Å². The smallest absolute Gasteiger partial charge is 0.342 e. The molecule has 150 valence electrons. The Morgan fingerprint density at radius 1 is 1.24 bits per heavy atom. The van der Waals surface area contributed by atoms with E-state index in [1.165, 1.54) is 0 Å². The minimum Gasteiger partial charge on any atom is -0.488 e. The Balaban J connectivity index is 1.80. The molecular formula is C21H20ClN3O3S. The van der Waals surface area contributed by atoms with Crippen molar-refractivity contribution in [3.63, 3.8) is 0 Å². The number of benzene rings is 2. The van der Waals surface area contributed by atoms with Gasteiger partial charge in [0.15, 0.2) is 0 Å². The molecule has 1 heterocycles. The number of aromatic amines is 1.